The van der Waals surface area contributed by atoms with Crippen LogP contribution in [-0.2, 0) is 13.0 Å². The molecule has 1 aliphatic rings. The second kappa shape index (κ2) is 6.27. The second-order valence-electron chi connectivity index (χ2n) is 5.95. The van der Waals surface area contributed by atoms with Crippen LogP contribution in [0, 0.1) is 18.8 Å². The Morgan fingerprint density at radius 1 is 1.37 bits per heavy atom. The lowest BCUT2D eigenvalue weighted by Gasteiger charge is -2.30. The van der Waals surface area contributed by atoms with Gasteiger partial charge < -0.3 is 5.11 Å². The van der Waals surface area contributed by atoms with Crippen LogP contribution in [0.3, 0.4) is 0 Å². The Labute approximate surface area is 121 Å². The summed E-state index contributed by atoms with van der Waals surface area (Å²) < 4.78 is 1.92. The molecule has 1 aromatic heterocycles. The monoisotopic (exact) mass is 284 g/mol. The third-order valence-electron chi connectivity index (χ3n) is 4.46. The standard InChI is InChI=1S/C15H25ClN2O/c1-4-18-13(15(16)11(3)17-18)9-14(19)12-7-5-10(2)6-8-12/h10,12,14,19H,4-9H2,1-3H3. The smallest absolute Gasteiger partial charge is 0.0848 e. The lowest BCUT2D eigenvalue weighted by atomic mass is 9.79. The first-order chi connectivity index (χ1) is 9.02. The van der Waals surface area contributed by atoms with Gasteiger partial charge in [-0.2, -0.15) is 5.10 Å². The van der Waals surface area contributed by atoms with Gasteiger partial charge in [0.1, 0.15) is 0 Å². The summed E-state index contributed by atoms with van der Waals surface area (Å²) in [6.07, 6.45) is 5.10. The van der Waals surface area contributed by atoms with E-state index in [4.69, 9.17) is 11.6 Å². The van der Waals surface area contributed by atoms with Crippen molar-refractivity contribution in [2.75, 3.05) is 0 Å². The van der Waals surface area contributed by atoms with Crippen molar-refractivity contribution in [1.29, 1.82) is 0 Å². The molecule has 19 heavy (non-hydrogen) atoms. The van der Waals surface area contributed by atoms with Crippen LogP contribution < -0.4 is 0 Å². The van der Waals surface area contributed by atoms with E-state index in [0.29, 0.717) is 12.3 Å². The predicted molar refractivity (Wildman–Crippen MR) is 78.5 cm³/mol. The van der Waals surface area contributed by atoms with Gasteiger partial charge in [0.25, 0.3) is 0 Å². The second-order valence-corrected chi connectivity index (χ2v) is 6.33. The number of aryl methyl sites for hydroxylation is 2. The lowest BCUT2D eigenvalue weighted by Crippen LogP contribution is -2.28. The minimum absolute atomic E-state index is 0.286. The van der Waals surface area contributed by atoms with Crippen molar-refractivity contribution in [2.45, 2.75) is 65.5 Å². The molecule has 1 heterocycles. The summed E-state index contributed by atoms with van der Waals surface area (Å²) in [4.78, 5) is 0. The minimum Gasteiger partial charge on any atom is -0.392 e. The van der Waals surface area contributed by atoms with E-state index in [-0.39, 0.29) is 6.10 Å². The van der Waals surface area contributed by atoms with Gasteiger partial charge in [0.15, 0.2) is 0 Å². The van der Waals surface area contributed by atoms with Gasteiger partial charge in [0, 0.05) is 13.0 Å². The van der Waals surface area contributed by atoms with Crippen LogP contribution >= 0.6 is 11.6 Å². The first-order valence-corrected chi connectivity index (χ1v) is 7.80. The zero-order valence-electron chi connectivity index (χ0n) is 12.2. The van der Waals surface area contributed by atoms with Crippen molar-refractivity contribution in [3.63, 3.8) is 0 Å². The summed E-state index contributed by atoms with van der Waals surface area (Å²) in [6, 6.07) is 0. The molecule has 108 valence electrons. The first-order valence-electron chi connectivity index (χ1n) is 7.42. The van der Waals surface area contributed by atoms with Gasteiger partial charge in [-0.15, -0.1) is 0 Å². The van der Waals surface area contributed by atoms with Crippen LogP contribution in [0.25, 0.3) is 0 Å². The van der Waals surface area contributed by atoms with Gasteiger partial charge in [0.2, 0.25) is 0 Å². The third-order valence-corrected chi connectivity index (χ3v) is 4.95. The fourth-order valence-corrected chi connectivity index (χ4v) is 3.31. The maximum atomic E-state index is 10.5. The van der Waals surface area contributed by atoms with E-state index in [2.05, 4.69) is 18.9 Å². The summed E-state index contributed by atoms with van der Waals surface area (Å²) >= 11 is 6.30. The van der Waals surface area contributed by atoms with Crippen molar-refractivity contribution >= 4 is 11.6 Å². The maximum Gasteiger partial charge on any atom is 0.0848 e. The van der Waals surface area contributed by atoms with Crippen molar-refractivity contribution in [2.24, 2.45) is 11.8 Å². The van der Waals surface area contributed by atoms with Gasteiger partial charge in [0.05, 0.1) is 22.5 Å². The zero-order valence-corrected chi connectivity index (χ0v) is 13.0. The number of hydrogen-bond donors (Lipinski definition) is 1. The molecular formula is C15H25ClN2O. The molecule has 3 nitrogen and oxygen atoms in total. The van der Waals surface area contributed by atoms with E-state index in [1.54, 1.807) is 0 Å². The molecule has 1 N–H and O–H groups in total. The van der Waals surface area contributed by atoms with Crippen molar-refractivity contribution in [1.82, 2.24) is 9.78 Å². The molecule has 1 unspecified atom stereocenters. The van der Waals surface area contributed by atoms with Crippen LogP contribution in [0.2, 0.25) is 5.02 Å². The van der Waals surface area contributed by atoms with Crippen LogP contribution in [0.4, 0.5) is 0 Å². The van der Waals surface area contributed by atoms with Crippen LogP contribution in [0.5, 0.6) is 0 Å². The Kier molecular flexibility index (Phi) is 4.91. The van der Waals surface area contributed by atoms with E-state index in [9.17, 15) is 5.11 Å². The number of aliphatic hydroxyl groups excluding tert-OH is 1. The molecule has 0 bridgehead atoms. The highest BCUT2D eigenvalue weighted by atomic mass is 35.5. The number of nitrogens with zero attached hydrogens (tertiary/aromatic N) is 2. The SMILES string of the molecule is CCn1nc(C)c(Cl)c1CC(O)C1CCC(C)CC1. The number of rotatable bonds is 4. The highest BCUT2D eigenvalue weighted by Crippen LogP contribution is 2.32. The molecule has 4 heteroatoms. The summed E-state index contributed by atoms with van der Waals surface area (Å²) in [5.41, 5.74) is 1.86. The first kappa shape index (κ1) is 14.9. The average molecular weight is 285 g/mol. The summed E-state index contributed by atoms with van der Waals surface area (Å²) in [5.74, 6) is 1.24. The van der Waals surface area contributed by atoms with Crippen molar-refractivity contribution in [3.8, 4) is 0 Å². The van der Waals surface area contributed by atoms with E-state index in [1.807, 2.05) is 11.6 Å². The zero-order chi connectivity index (χ0) is 14.0. The number of halogens is 1. The van der Waals surface area contributed by atoms with E-state index in [1.165, 1.54) is 12.8 Å². The molecule has 0 saturated heterocycles. The Hall–Kier alpha value is -0.540. The molecule has 0 radical (unpaired) electrons. The Bertz CT molecular complexity index is 422. The largest absolute Gasteiger partial charge is 0.392 e. The summed E-state index contributed by atoms with van der Waals surface area (Å²) in [7, 11) is 0. The highest BCUT2D eigenvalue weighted by Gasteiger charge is 2.26. The molecule has 0 aromatic carbocycles. The van der Waals surface area contributed by atoms with Gasteiger partial charge in [-0.3, -0.25) is 4.68 Å². The normalized spacial score (nSPS) is 25.5. The van der Waals surface area contributed by atoms with Gasteiger partial charge in [-0.25, -0.2) is 0 Å². The number of aliphatic hydroxyl groups is 1. The topological polar surface area (TPSA) is 38.0 Å². The Balaban J connectivity index is 2.04. The quantitative estimate of drug-likeness (QED) is 0.917. The summed E-state index contributed by atoms with van der Waals surface area (Å²) in [5, 5.41) is 15.6. The average Bonchev–Trinajstić information content (AvgIpc) is 2.67. The minimum atomic E-state index is -0.286. The van der Waals surface area contributed by atoms with Gasteiger partial charge in [-0.05, 0) is 38.5 Å². The van der Waals surface area contributed by atoms with E-state index in [0.717, 1.165) is 41.7 Å². The highest BCUT2D eigenvalue weighted by molar-refractivity contribution is 6.31. The van der Waals surface area contributed by atoms with Crippen LogP contribution in [0.1, 0.15) is 50.9 Å². The van der Waals surface area contributed by atoms with Crippen LogP contribution in [0.15, 0.2) is 0 Å². The lowest BCUT2D eigenvalue weighted by molar-refractivity contribution is 0.0744. The molecule has 0 amide bonds. The number of hydrogen-bond acceptors (Lipinski definition) is 2. The Morgan fingerprint density at radius 3 is 2.58 bits per heavy atom. The molecule has 0 aliphatic heterocycles. The molecule has 1 saturated carbocycles. The van der Waals surface area contributed by atoms with Gasteiger partial charge >= 0.3 is 0 Å². The fourth-order valence-electron chi connectivity index (χ4n) is 3.10. The molecule has 2 rings (SSSR count). The predicted octanol–water partition coefficient (Wildman–Crippen LogP) is 3.59. The molecule has 1 aromatic rings. The molecule has 1 atom stereocenters. The van der Waals surface area contributed by atoms with Crippen molar-refractivity contribution < 1.29 is 5.11 Å². The Morgan fingerprint density at radius 2 is 2.00 bits per heavy atom. The van der Waals surface area contributed by atoms with Crippen LogP contribution in [-0.4, -0.2) is 21.0 Å². The van der Waals surface area contributed by atoms with E-state index < -0.39 is 0 Å². The molecule has 1 aliphatic carbocycles. The number of aromatic nitrogens is 2. The molecule has 1 fully saturated rings. The molecule has 0 spiro atoms. The molecular weight excluding hydrogens is 260 g/mol. The maximum absolute atomic E-state index is 10.5. The summed E-state index contributed by atoms with van der Waals surface area (Å²) in [6.45, 7) is 7.08. The third kappa shape index (κ3) is 3.32. The van der Waals surface area contributed by atoms with Gasteiger partial charge in [-0.1, -0.05) is 31.4 Å². The van der Waals surface area contributed by atoms with E-state index >= 15 is 0 Å². The van der Waals surface area contributed by atoms with Crippen molar-refractivity contribution in [3.05, 3.63) is 16.4 Å². The fraction of sp³-hybridized carbons (Fsp3) is 0.800.